The fraction of sp³-hybridized carbons (Fsp3) is 0.556. The Hall–Kier alpha value is -0.420. The van der Waals surface area contributed by atoms with Crippen LogP contribution in [0.1, 0.15) is 31.6 Å². The molecule has 14 heavy (non-hydrogen) atoms. The van der Waals surface area contributed by atoms with Gasteiger partial charge in [-0.25, -0.2) is 13.4 Å². The Kier molecular flexibility index (Phi) is 3.66. The van der Waals surface area contributed by atoms with Crippen LogP contribution < -0.4 is 0 Å². The molecule has 0 saturated heterocycles. The third-order valence-electron chi connectivity index (χ3n) is 2.00. The summed E-state index contributed by atoms with van der Waals surface area (Å²) >= 11 is 1.26. The lowest BCUT2D eigenvalue weighted by molar-refractivity contribution is 0.601. The van der Waals surface area contributed by atoms with E-state index < -0.39 is 9.84 Å². The van der Waals surface area contributed by atoms with Gasteiger partial charge in [0.25, 0.3) is 0 Å². The van der Waals surface area contributed by atoms with Crippen LogP contribution in [0.3, 0.4) is 0 Å². The van der Waals surface area contributed by atoms with Crippen molar-refractivity contribution in [3.63, 3.8) is 0 Å². The number of hydrogen-bond donors (Lipinski definition) is 0. The van der Waals surface area contributed by atoms with Crippen molar-refractivity contribution < 1.29 is 8.42 Å². The Morgan fingerprint density at radius 2 is 2.00 bits per heavy atom. The van der Waals surface area contributed by atoms with Gasteiger partial charge < -0.3 is 0 Å². The summed E-state index contributed by atoms with van der Waals surface area (Å²) < 4.78 is 22.6. The molecule has 79 valence electrons. The lowest BCUT2D eigenvalue weighted by atomic mass is 10.0. The minimum Gasteiger partial charge on any atom is -0.233 e. The van der Waals surface area contributed by atoms with Crippen molar-refractivity contribution in [2.24, 2.45) is 0 Å². The Morgan fingerprint density at radius 1 is 1.43 bits per heavy atom. The van der Waals surface area contributed by atoms with Gasteiger partial charge in [0, 0.05) is 23.2 Å². The highest BCUT2D eigenvalue weighted by Crippen LogP contribution is 2.28. The van der Waals surface area contributed by atoms with Crippen molar-refractivity contribution in [1.29, 1.82) is 0 Å². The molecule has 0 aliphatic rings. The molecular weight excluding hydrogens is 218 g/mol. The van der Waals surface area contributed by atoms with Gasteiger partial charge in [-0.1, -0.05) is 13.8 Å². The fourth-order valence-electron chi connectivity index (χ4n) is 1.19. The van der Waals surface area contributed by atoms with Gasteiger partial charge in [-0.15, -0.1) is 11.3 Å². The Labute approximate surface area is 89.1 Å². The molecule has 1 radical (unpaired) electrons. The molecule has 0 saturated carbocycles. The number of rotatable bonds is 4. The van der Waals surface area contributed by atoms with Crippen LogP contribution in [-0.2, 0) is 9.84 Å². The number of aromatic nitrogens is 1. The Balaban J connectivity index is 2.99. The van der Waals surface area contributed by atoms with E-state index >= 15 is 0 Å². The van der Waals surface area contributed by atoms with Gasteiger partial charge in [-0.05, 0) is 12.8 Å². The van der Waals surface area contributed by atoms with Gasteiger partial charge in [0.15, 0.2) is 0 Å². The summed E-state index contributed by atoms with van der Waals surface area (Å²) in [6.45, 7) is 4.14. The molecule has 0 aromatic carbocycles. The van der Waals surface area contributed by atoms with E-state index in [1.165, 1.54) is 23.5 Å². The van der Waals surface area contributed by atoms with Crippen molar-refractivity contribution in [2.75, 3.05) is 6.26 Å². The van der Waals surface area contributed by atoms with Crippen LogP contribution in [0.15, 0.2) is 10.5 Å². The zero-order chi connectivity index (χ0) is 10.8. The predicted molar refractivity (Wildman–Crippen MR) is 58.2 cm³/mol. The first kappa shape index (κ1) is 11.7. The van der Waals surface area contributed by atoms with Crippen molar-refractivity contribution in [3.8, 4) is 0 Å². The average molecular weight is 232 g/mol. The number of thiazole rings is 1. The molecule has 1 aromatic rings. The highest BCUT2D eigenvalue weighted by molar-refractivity contribution is 7.92. The van der Waals surface area contributed by atoms with Crippen LogP contribution in [-0.4, -0.2) is 19.7 Å². The molecule has 5 heteroatoms. The number of hydrogen-bond acceptors (Lipinski definition) is 4. The molecule has 0 amide bonds. The third kappa shape index (κ3) is 2.54. The lowest BCUT2D eigenvalue weighted by Gasteiger charge is -2.06. The van der Waals surface area contributed by atoms with E-state index in [2.05, 4.69) is 18.8 Å². The molecule has 0 aliphatic carbocycles. The van der Waals surface area contributed by atoms with E-state index in [9.17, 15) is 8.42 Å². The molecule has 0 spiro atoms. The maximum absolute atomic E-state index is 11.2. The topological polar surface area (TPSA) is 47.0 Å². The third-order valence-corrected chi connectivity index (χ3v) is 4.80. The van der Waals surface area contributed by atoms with Crippen LogP contribution >= 0.6 is 11.3 Å². The van der Waals surface area contributed by atoms with Gasteiger partial charge in [-0.2, -0.15) is 0 Å². The van der Waals surface area contributed by atoms with Crippen molar-refractivity contribution in [2.45, 2.75) is 31.0 Å². The summed E-state index contributed by atoms with van der Waals surface area (Å²) in [5.74, 6) is 1.26. The summed E-state index contributed by atoms with van der Waals surface area (Å²) in [7, 11) is -3.14. The van der Waals surface area contributed by atoms with E-state index in [4.69, 9.17) is 0 Å². The van der Waals surface area contributed by atoms with E-state index in [0.29, 0.717) is 0 Å². The summed E-state index contributed by atoms with van der Waals surface area (Å²) in [6, 6.07) is 0. The maximum Gasteiger partial charge on any atom is 0.209 e. The highest BCUT2D eigenvalue weighted by atomic mass is 32.2. The predicted octanol–water partition coefficient (Wildman–Crippen LogP) is 2.29. The van der Waals surface area contributed by atoms with Gasteiger partial charge in [-0.3, -0.25) is 0 Å². The first-order valence-corrected chi connectivity index (χ1v) is 7.20. The van der Waals surface area contributed by atoms with Crippen LogP contribution in [0.5, 0.6) is 0 Å². The SMILES string of the molecule is CC[C](CC)c1cnc(S(C)(=O)=O)s1. The zero-order valence-corrected chi connectivity index (χ0v) is 10.2. The molecular formula is C9H14NO2S2. The number of nitrogens with zero attached hydrogens (tertiary/aromatic N) is 1. The normalized spacial score (nSPS) is 12.3. The molecule has 1 aromatic heterocycles. The first-order chi connectivity index (χ1) is 6.49. The van der Waals surface area contributed by atoms with Gasteiger partial charge in [0.1, 0.15) is 0 Å². The largest absolute Gasteiger partial charge is 0.233 e. The van der Waals surface area contributed by atoms with Crippen LogP contribution in [0.4, 0.5) is 0 Å². The second kappa shape index (κ2) is 4.40. The van der Waals surface area contributed by atoms with E-state index in [-0.39, 0.29) is 4.34 Å². The van der Waals surface area contributed by atoms with E-state index in [1.807, 2.05) is 0 Å². The van der Waals surface area contributed by atoms with E-state index in [0.717, 1.165) is 17.7 Å². The molecule has 1 heterocycles. The molecule has 0 fully saturated rings. The second-order valence-corrected chi connectivity index (χ2v) is 6.29. The summed E-state index contributed by atoms with van der Waals surface area (Å²) in [5, 5.41) is 0. The molecule has 1 rings (SSSR count). The highest BCUT2D eigenvalue weighted by Gasteiger charge is 2.16. The van der Waals surface area contributed by atoms with Crippen LogP contribution in [0.25, 0.3) is 0 Å². The Bertz CT molecular complexity index is 391. The summed E-state index contributed by atoms with van der Waals surface area (Å²) in [4.78, 5) is 4.91. The standard InChI is InChI=1S/C9H14NO2S2/c1-4-7(5-2)8-6-10-9(13-8)14(3,11)12/h6H,4-5H2,1-3H3. The monoisotopic (exact) mass is 232 g/mol. The average Bonchev–Trinajstić information content (AvgIpc) is 2.54. The van der Waals surface area contributed by atoms with Gasteiger partial charge in [0.2, 0.25) is 14.2 Å². The number of sulfone groups is 1. The zero-order valence-electron chi connectivity index (χ0n) is 8.57. The van der Waals surface area contributed by atoms with Crippen LogP contribution in [0, 0.1) is 5.92 Å². The minimum atomic E-state index is -3.14. The van der Waals surface area contributed by atoms with E-state index in [1.54, 1.807) is 6.20 Å². The molecule has 0 atom stereocenters. The molecule has 0 bridgehead atoms. The molecule has 3 nitrogen and oxygen atoms in total. The van der Waals surface area contributed by atoms with Gasteiger partial charge in [0.05, 0.1) is 0 Å². The molecule has 0 unspecified atom stereocenters. The molecule has 0 N–H and O–H groups in total. The smallest absolute Gasteiger partial charge is 0.209 e. The summed E-state index contributed by atoms with van der Waals surface area (Å²) in [5.41, 5.74) is 0. The second-order valence-electron chi connectivity index (χ2n) is 3.07. The van der Waals surface area contributed by atoms with Gasteiger partial charge >= 0.3 is 0 Å². The molecule has 0 aliphatic heterocycles. The van der Waals surface area contributed by atoms with Crippen molar-refractivity contribution in [1.82, 2.24) is 4.98 Å². The lowest BCUT2D eigenvalue weighted by Crippen LogP contribution is -1.94. The summed E-state index contributed by atoms with van der Waals surface area (Å²) in [6.07, 6.45) is 4.74. The maximum atomic E-state index is 11.2. The fourth-order valence-corrected chi connectivity index (χ4v) is 3.14. The van der Waals surface area contributed by atoms with Crippen LogP contribution in [0.2, 0.25) is 0 Å². The van der Waals surface area contributed by atoms with Crippen molar-refractivity contribution in [3.05, 3.63) is 17.0 Å². The quantitative estimate of drug-likeness (QED) is 0.800. The first-order valence-electron chi connectivity index (χ1n) is 4.50. The Morgan fingerprint density at radius 3 is 2.36 bits per heavy atom. The minimum absolute atomic E-state index is 0.215. The van der Waals surface area contributed by atoms with Crippen molar-refractivity contribution >= 4 is 21.2 Å².